The topological polar surface area (TPSA) is 110 Å². The van der Waals surface area contributed by atoms with Crippen LogP contribution in [0.25, 0.3) is 16.9 Å². The number of rotatable bonds is 10. The molecule has 0 bridgehead atoms. The first-order valence-corrected chi connectivity index (χ1v) is 11.4. The lowest BCUT2D eigenvalue weighted by Gasteiger charge is -2.15. The van der Waals surface area contributed by atoms with Gasteiger partial charge in [0.1, 0.15) is 11.4 Å². The smallest absolute Gasteiger partial charge is 0.387 e. The van der Waals surface area contributed by atoms with E-state index in [9.17, 15) is 19.0 Å². The lowest BCUT2D eigenvalue weighted by Crippen LogP contribution is -2.10. The molecular weight excluding hydrogens is 466 g/mol. The van der Waals surface area contributed by atoms with Crippen LogP contribution in [0.15, 0.2) is 53.9 Å². The van der Waals surface area contributed by atoms with Crippen molar-refractivity contribution in [3.05, 3.63) is 54.6 Å². The van der Waals surface area contributed by atoms with E-state index in [-0.39, 0.29) is 24.2 Å². The third-order valence-corrected chi connectivity index (χ3v) is 5.78. The highest BCUT2D eigenvalue weighted by atomic mass is 32.2. The van der Waals surface area contributed by atoms with Crippen molar-refractivity contribution in [3.63, 3.8) is 0 Å². The predicted molar refractivity (Wildman–Crippen MR) is 124 cm³/mol. The molecule has 1 unspecified atom stereocenters. The number of hydrogen-bond donors (Lipinski definition) is 3. The summed E-state index contributed by atoms with van der Waals surface area (Å²) in [6.07, 6.45) is 5.15. The van der Waals surface area contributed by atoms with E-state index < -0.39 is 12.8 Å². The average Bonchev–Trinajstić information content (AvgIpc) is 3.38. The van der Waals surface area contributed by atoms with Gasteiger partial charge in [0.15, 0.2) is 11.9 Å². The number of ether oxygens (including phenoxy) is 1. The van der Waals surface area contributed by atoms with E-state index in [1.54, 1.807) is 48.6 Å². The molecule has 3 N–H and O–H groups in total. The molecule has 0 saturated heterocycles. The van der Waals surface area contributed by atoms with Gasteiger partial charge in [0.05, 0.1) is 30.6 Å². The quantitative estimate of drug-likeness (QED) is 0.228. The zero-order chi connectivity index (χ0) is 24.2. The minimum Gasteiger partial charge on any atom is -0.434 e. The van der Waals surface area contributed by atoms with Crippen LogP contribution in [0.5, 0.6) is 5.75 Å². The lowest BCUT2D eigenvalue weighted by atomic mass is 10.1. The van der Waals surface area contributed by atoms with Crippen molar-refractivity contribution in [2.24, 2.45) is 0 Å². The molecule has 0 aliphatic rings. The number of hydrogen-bond acceptors (Lipinski definition) is 8. The molecule has 1 aromatic carbocycles. The van der Waals surface area contributed by atoms with Crippen LogP contribution in [0.4, 0.5) is 14.5 Å². The van der Waals surface area contributed by atoms with Gasteiger partial charge in [-0.15, -0.1) is 11.8 Å². The fourth-order valence-corrected chi connectivity index (χ4v) is 4.32. The number of aromatic nitrogens is 5. The Kier molecular flexibility index (Phi) is 7.29. The van der Waals surface area contributed by atoms with Crippen molar-refractivity contribution in [1.29, 1.82) is 0 Å². The summed E-state index contributed by atoms with van der Waals surface area (Å²) in [5, 5.41) is 32.2. The summed E-state index contributed by atoms with van der Waals surface area (Å²) >= 11 is 1.56. The molecule has 34 heavy (non-hydrogen) atoms. The SMILES string of the molecule is CC(C)Sc1ccc(OC(F)F)c(-c2nn(CCO)cc2NC(O)c2cnn3cccnc23)c1. The number of alkyl halides is 2. The maximum atomic E-state index is 13.1. The van der Waals surface area contributed by atoms with Crippen LogP contribution in [0.3, 0.4) is 0 Å². The van der Waals surface area contributed by atoms with E-state index in [0.717, 1.165) is 4.90 Å². The highest BCUT2D eigenvalue weighted by Gasteiger charge is 2.22. The second kappa shape index (κ2) is 10.4. The summed E-state index contributed by atoms with van der Waals surface area (Å²) in [4.78, 5) is 5.09. The summed E-state index contributed by atoms with van der Waals surface area (Å²) in [7, 11) is 0. The number of aliphatic hydroxyl groups is 2. The number of aliphatic hydroxyl groups excluding tert-OH is 2. The molecule has 0 saturated carbocycles. The van der Waals surface area contributed by atoms with Gasteiger partial charge in [0.25, 0.3) is 0 Å². The fraction of sp³-hybridized carbons (Fsp3) is 0.318. The molecular formula is C22H24F2N6O3S. The number of nitrogens with zero attached hydrogens (tertiary/aromatic N) is 5. The van der Waals surface area contributed by atoms with Gasteiger partial charge in [-0.1, -0.05) is 13.8 Å². The molecule has 0 fully saturated rings. The molecule has 12 heteroatoms. The monoisotopic (exact) mass is 490 g/mol. The van der Waals surface area contributed by atoms with Crippen molar-refractivity contribution < 1.29 is 23.7 Å². The lowest BCUT2D eigenvalue weighted by molar-refractivity contribution is -0.0494. The molecule has 0 aliphatic carbocycles. The van der Waals surface area contributed by atoms with Crippen molar-refractivity contribution >= 4 is 23.1 Å². The number of anilines is 1. The average molecular weight is 491 g/mol. The van der Waals surface area contributed by atoms with E-state index >= 15 is 0 Å². The number of thioether (sulfide) groups is 1. The standard InChI is InChI=1S/C22H24F2N6O3S/c1-13(2)34-14-4-5-18(33-22(23)24)15(10-14)19-17(12-29(28-19)8-9-31)27-21(32)16-11-26-30-7-3-6-25-20(16)30/h3-7,10-13,21-22,27,31-32H,8-9H2,1-2H3. The maximum absolute atomic E-state index is 13.1. The van der Waals surface area contributed by atoms with Crippen LogP contribution >= 0.6 is 11.8 Å². The zero-order valence-corrected chi connectivity index (χ0v) is 19.3. The van der Waals surface area contributed by atoms with Crippen LogP contribution < -0.4 is 10.1 Å². The zero-order valence-electron chi connectivity index (χ0n) is 18.5. The van der Waals surface area contributed by atoms with Gasteiger partial charge in [-0.05, 0) is 24.3 Å². The van der Waals surface area contributed by atoms with Gasteiger partial charge in [0, 0.05) is 34.3 Å². The van der Waals surface area contributed by atoms with Crippen molar-refractivity contribution in [3.8, 4) is 17.0 Å². The third kappa shape index (κ3) is 5.29. The van der Waals surface area contributed by atoms with Crippen LogP contribution in [-0.2, 0) is 6.54 Å². The van der Waals surface area contributed by atoms with Crippen molar-refractivity contribution in [1.82, 2.24) is 24.4 Å². The number of fused-ring (bicyclic) bond motifs is 1. The molecule has 0 radical (unpaired) electrons. The first-order chi connectivity index (χ1) is 16.4. The molecule has 180 valence electrons. The normalized spacial score (nSPS) is 12.6. The Labute approximate surface area is 198 Å². The van der Waals surface area contributed by atoms with Gasteiger partial charge >= 0.3 is 6.61 Å². The van der Waals surface area contributed by atoms with E-state index in [2.05, 4.69) is 20.5 Å². The first-order valence-electron chi connectivity index (χ1n) is 10.5. The van der Waals surface area contributed by atoms with Crippen LogP contribution in [-0.4, -0.2) is 53.1 Å². The Hall–Kier alpha value is -3.22. The van der Waals surface area contributed by atoms with E-state index in [1.807, 2.05) is 13.8 Å². The molecule has 0 aliphatic heterocycles. The summed E-state index contributed by atoms with van der Waals surface area (Å²) in [5.74, 6) is -0.0486. The molecule has 1 atom stereocenters. The first kappa shape index (κ1) is 23.9. The van der Waals surface area contributed by atoms with Gasteiger partial charge in [0.2, 0.25) is 0 Å². The van der Waals surface area contributed by atoms with E-state index in [1.165, 1.54) is 21.5 Å². The molecule has 3 heterocycles. The Morgan fingerprint density at radius 3 is 2.82 bits per heavy atom. The molecule has 3 aromatic heterocycles. The third-order valence-electron chi connectivity index (χ3n) is 4.78. The summed E-state index contributed by atoms with van der Waals surface area (Å²) in [6.45, 7) is 1.03. The van der Waals surface area contributed by atoms with Crippen LogP contribution in [0, 0.1) is 0 Å². The molecule has 9 nitrogen and oxygen atoms in total. The predicted octanol–water partition coefficient (Wildman–Crippen LogP) is 3.79. The number of nitrogens with one attached hydrogen (secondary N) is 1. The second-order valence-corrected chi connectivity index (χ2v) is 9.27. The fourth-order valence-electron chi connectivity index (χ4n) is 3.44. The van der Waals surface area contributed by atoms with Crippen molar-refractivity contribution in [2.45, 2.75) is 43.4 Å². The van der Waals surface area contributed by atoms with Gasteiger partial charge in [-0.25, -0.2) is 9.50 Å². The summed E-state index contributed by atoms with van der Waals surface area (Å²) in [6, 6.07) is 6.63. The van der Waals surface area contributed by atoms with Gasteiger partial charge in [-0.3, -0.25) is 4.68 Å². The molecule has 4 rings (SSSR count). The highest BCUT2D eigenvalue weighted by Crippen LogP contribution is 2.39. The summed E-state index contributed by atoms with van der Waals surface area (Å²) < 4.78 is 34.0. The number of halogens is 2. The summed E-state index contributed by atoms with van der Waals surface area (Å²) in [5.41, 5.74) is 1.87. The highest BCUT2D eigenvalue weighted by molar-refractivity contribution is 7.99. The Morgan fingerprint density at radius 1 is 1.26 bits per heavy atom. The number of benzene rings is 1. The minimum atomic E-state index is -3.02. The maximum Gasteiger partial charge on any atom is 0.387 e. The Morgan fingerprint density at radius 2 is 2.09 bits per heavy atom. The Bertz CT molecular complexity index is 1260. The molecule has 0 amide bonds. The van der Waals surface area contributed by atoms with Gasteiger partial charge in [-0.2, -0.15) is 19.0 Å². The minimum absolute atomic E-state index is 0.0486. The van der Waals surface area contributed by atoms with Crippen LogP contribution in [0.2, 0.25) is 0 Å². The van der Waals surface area contributed by atoms with Crippen molar-refractivity contribution in [2.75, 3.05) is 11.9 Å². The Balaban J connectivity index is 1.76. The molecule has 4 aromatic rings. The largest absolute Gasteiger partial charge is 0.434 e. The van der Waals surface area contributed by atoms with Crippen LogP contribution in [0.1, 0.15) is 25.6 Å². The van der Waals surface area contributed by atoms with Gasteiger partial charge < -0.3 is 20.3 Å². The molecule has 0 spiro atoms. The van der Waals surface area contributed by atoms with E-state index in [4.69, 9.17) is 4.74 Å². The van der Waals surface area contributed by atoms with E-state index in [0.29, 0.717) is 28.2 Å². The second-order valence-electron chi connectivity index (χ2n) is 7.62.